The van der Waals surface area contributed by atoms with Crippen molar-refractivity contribution in [3.05, 3.63) is 92.5 Å². The van der Waals surface area contributed by atoms with E-state index in [4.69, 9.17) is 0 Å². The van der Waals surface area contributed by atoms with Crippen LogP contribution in [-0.4, -0.2) is 34.3 Å². The molecule has 7 nitrogen and oxygen atoms in total. The molecule has 0 aromatic heterocycles. The number of hydrogen-bond donors (Lipinski definition) is 1. The molecule has 1 fully saturated rings. The van der Waals surface area contributed by atoms with Gasteiger partial charge in [0.25, 0.3) is 0 Å². The van der Waals surface area contributed by atoms with Gasteiger partial charge in [0.05, 0.1) is 22.0 Å². The Balaban J connectivity index is 1.47. The summed E-state index contributed by atoms with van der Waals surface area (Å²) in [5.74, 6) is -3.95. The van der Waals surface area contributed by atoms with Crippen molar-refractivity contribution in [2.24, 2.45) is 17.8 Å². The van der Waals surface area contributed by atoms with E-state index in [0.29, 0.717) is 39.9 Å². The van der Waals surface area contributed by atoms with Gasteiger partial charge in [-0.05, 0) is 78.4 Å². The van der Waals surface area contributed by atoms with Crippen LogP contribution in [0.4, 0.5) is 5.69 Å². The SMILES string of the molecule is CC(=O)c1ccc(N2C(=O)C3CC=C4C(c5cccc(C)c5O)C5=C(CC4C3C2=O)C(=O)C(Br)=CC5=O)cc1. The van der Waals surface area contributed by atoms with Crippen LogP contribution in [0.1, 0.15) is 47.2 Å². The minimum absolute atomic E-state index is 0.0351. The molecule has 2 aromatic carbocycles. The Morgan fingerprint density at radius 2 is 1.72 bits per heavy atom. The molecule has 0 bridgehead atoms. The summed E-state index contributed by atoms with van der Waals surface area (Å²) in [4.78, 5) is 67.0. The number of amides is 2. The largest absolute Gasteiger partial charge is 0.507 e. The zero-order chi connectivity index (χ0) is 27.7. The number of carbonyl (C=O) groups excluding carboxylic acids is 5. The minimum atomic E-state index is -0.721. The van der Waals surface area contributed by atoms with Gasteiger partial charge in [0.15, 0.2) is 17.3 Å². The maximum absolute atomic E-state index is 13.9. The first-order valence-electron chi connectivity index (χ1n) is 12.8. The zero-order valence-corrected chi connectivity index (χ0v) is 22.8. The third-order valence-electron chi connectivity index (χ3n) is 8.44. The molecule has 8 heteroatoms. The molecule has 0 radical (unpaired) electrons. The van der Waals surface area contributed by atoms with Gasteiger partial charge in [0.2, 0.25) is 11.8 Å². The van der Waals surface area contributed by atoms with Gasteiger partial charge in [0.1, 0.15) is 5.75 Å². The highest BCUT2D eigenvalue weighted by molar-refractivity contribution is 9.12. The molecule has 39 heavy (non-hydrogen) atoms. The van der Waals surface area contributed by atoms with E-state index in [1.54, 1.807) is 49.4 Å². The van der Waals surface area contributed by atoms with E-state index < -0.39 is 23.7 Å². The highest BCUT2D eigenvalue weighted by atomic mass is 79.9. The van der Waals surface area contributed by atoms with E-state index in [1.807, 2.05) is 6.08 Å². The molecule has 4 unspecified atom stereocenters. The summed E-state index contributed by atoms with van der Waals surface area (Å²) in [5.41, 5.74) is 3.40. The second-order valence-corrected chi connectivity index (χ2v) is 11.4. The van der Waals surface area contributed by atoms with Crippen molar-refractivity contribution in [2.45, 2.75) is 32.6 Å². The monoisotopic (exact) mass is 585 g/mol. The van der Waals surface area contributed by atoms with Crippen molar-refractivity contribution in [3.8, 4) is 5.75 Å². The second-order valence-electron chi connectivity index (χ2n) is 10.5. The molecule has 1 N–H and O–H groups in total. The van der Waals surface area contributed by atoms with Crippen LogP contribution >= 0.6 is 15.9 Å². The number of anilines is 1. The van der Waals surface area contributed by atoms with E-state index in [-0.39, 0.29) is 45.8 Å². The van der Waals surface area contributed by atoms with Gasteiger partial charge in [-0.1, -0.05) is 29.8 Å². The predicted molar refractivity (Wildman–Crippen MR) is 146 cm³/mol. The molecule has 2 aromatic rings. The van der Waals surface area contributed by atoms with Crippen LogP contribution in [0.2, 0.25) is 0 Å². The first kappa shape index (κ1) is 25.4. The minimum Gasteiger partial charge on any atom is -0.507 e. The lowest BCUT2D eigenvalue weighted by Crippen LogP contribution is -2.39. The molecule has 1 heterocycles. The molecule has 1 aliphatic heterocycles. The normalized spacial score (nSPS) is 26.2. The predicted octanol–water partition coefficient (Wildman–Crippen LogP) is 4.87. The van der Waals surface area contributed by atoms with Gasteiger partial charge < -0.3 is 5.11 Å². The number of nitrogens with zero attached hydrogens (tertiary/aromatic N) is 1. The summed E-state index contributed by atoms with van der Waals surface area (Å²) in [6, 6.07) is 11.7. The van der Waals surface area contributed by atoms with Crippen LogP contribution in [0.15, 0.2) is 75.8 Å². The number of halogens is 1. The molecule has 0 spiro atoms. The number of para-hydroxylation sites is 1. The number of rotatable bonds is 3. The first-order valence-corrected chi connectivity index (χ1v) is 13.6. The smallest absolute Gasteiger partial charge is 0.238 e. The number of ketones is 3. The summed E-state index contributed by atoms with van der Waals surface area (Å²) in [6.07, 6.45) is 3.64. The van der Waals surface area contributed by atoms with E-state index in [9.17, 15) is 29.1 Å². The van der Waals surface area contributed by atoms with Crippen LogP contribution in [0, 0.1) is 24.7 Å². The Morgan fingerprint density at radius 1 is 1.00 bits per heavy atom. The average molecular weight is 586 g/mol. The summed E-state index contributed by atoms with van der Waals surface area (Å²) < 4.78 is 0.152. The van der Waals surface area contributed by atoms with Crippen molar-refractivity contribution < 1.29 is 29.1 Å². The zero-order valence-electron chi connectivity index (χ0n) is 21.2. The molecule has 0 saturated carbocycles. The molecule has 4 atom stereocenters. The third kappa shape index (κ3) is 3.72. The van der Waals surface area contributed by atoms with Crippen molar-refractivity contribution in [2.75, 3.05) is 4.90 Å². The van der Waals surface area contributed by atoms with Crippen LogP contribution in [0.5, 0.6) is 5.75 Å². The number of aryl methyl sites for hydroxylation is 1. The first-order chi connectivity index (χ1) is 18.6. The molecular formula is C31H24BrNO6. The summed E-state index contributed by atoms with van der Waals surface area (Å²) in [7, 11) is 0. The number of allylic oxidation sites excluding steroid dienone is 6. The fraction of sp³-hybridized carbons (Fsp3) is 0.258. The van der Waals surface area contributed by atoms with E-state index in [2.05, 4.69) is 15.9 Å². The molecule has 1 saturated heterocycles. The quantitative estimate of drug-likeness (QED) is 0.238. The summed E-state index contributed by atoms with van der Waals surface area (Å²) in [6.45, 7) is 3.21. The number of fused-ring (bicyclic) bond motifs is 3. The fourth-order valence-electron chi connectivity index (χ4n) is 6.58. The van der Waals surface area contributed by atoms with Crippen molar-refractivity contribution in [1.82, 2.24) is 0 Å². The molecule has 196 valence electrons. The average Bonchev–Trinajstić information content (AvgIpc) is 3.17. The van der Waals surface area contributed by atoms with Gasteiger partial charge >= 0.3 is 0 Å². The maximum atomic E-state index is 13.9. The lowest BCUT2D eigenvalue weighted by molar-refractivity contribution is -0.123. The number of carbonyl (C=O) groups is 5. The van der Waals surface area contributed by atoms with Gasteiger partial charge in [0, 0.05) is 34.3 Å². The van der Waals surface area contributed by atoms with Crippen molar-refractivity contribution >= 4 is 50.8 Å². The van der Waals surface area contributed by atoms with Crippen LogP contribution < -0.4 is 4.90 Å². The third-order valence-corrected chi connectivity index (χ3v) is 9.03. The Bertz CT molecular complexity index is 1610. The molecule has 3 aliphatic carbocycles. The Labute approximate surface area is 233 Å². The number of imide groups is 1. The summed E-state index contributed by atoms with van der Waals surface area (Å²) in [5, 5.41) is 11.0. The van der Waals surface area contributed by atoms with E-state index in [0.717, 1.165) is 5.57 Å². The number of phenolic OH excluding ortho intramolecular Hbond substituents is 1. The van der Waals surface area contributed by atoms with Gasteiger partial charge in [-0.25, -0.2) is 0 Å². The lowest BCUT2D eigenvalue weighted by atomic mass is 9.59. The molecule has 6 rings (SSSR count). The fourth-order valence-corrected chi connectivity index (χ4v) is 7.02. The van der Waals surface area contributed by atoms with Crippen molar-refractivity contribution in [1.29, 1.82) is 0 Å². The number of phenols is 1. The van der Waals surface area contributed by atoms with Gasteiger partial charge in [-0.15, -0.1) is 0 Å². The maximum Gasteiger partial charge on any atom is 0.238 e. The highest BCUT2D eigenvalue weighted by Gasteiger charge is 2.56. The number of Topliss-reactive ketones (excluding diaryl/α,β-unsaturated/α-hetero) is 2. The Kier molecular flexibility index (Phi) is 5.91. The number of benzene rings is 2. The Hall–Kier alpha value is -3.91. The van der Waals surface area contributed by atoms with E-state index in [1.165, 1.54) is 17.9 Å². The van der Waals surface area contributed by atoms with Crippen LogP contribution in [0.3, 0.4) is 0 Å². The van der Waals surface area contributed by atoms with Crippen LogP contribution in [-0.2, 0) is 19.2 Å². The van der Waals surface area contributed by atoms with Crippen molar-refractivity contribution in [3.63, 3.8) is 0 Å². The van der Waals surface area contributed by atoms with Gasteiger partial charge in [-0.3, -0.25) is 28.9 Å². The second kappa shape index (κ2) is 9.09. The Morgan fingerprint density at radius 3 is 2.41 bits per heavy atom. The molecule has 2 amide bonds. The van der Waals surface area contributed by atoms with Gasteiger partial charge in [-0.2, -0.15) is 0 Å². The summed E-state index contributed by atoms with van der Waals surface area (Å²) >= 11 is 3.22. The van der Waals surface area contributed by atoms with E-state index >= 15 is 0 Å². The standard InChI is InChI=1S/C31H24BrNO6/c1-14-4-3-5-19(28(14)36)25-18-10-11-20-26(21(18)12-22-27(25)24(35)13-23(32)29(22)37)31(39)33(30(20)38)17-8-6-16(7-9-17)15(2)34/h3-10,13,20-21,25-26,36H,11-12H2,1-2H3. The molecule has 4 aliphatic rings. The topological polar surface area (TPSA) is 109 Å². The number of aromatic hydroxyl groups is 1. The molecular weight excluding hydrogens is 562 g/mol. The lowest BCUT2D eigenvalue weighted by Gasteiger charge is -2.42. The van der Waals surface area contributed by atoms with Crippen LogP contribution in [0.25, 0.3) is 0 Å². The number of hydrogen-bond acceptors (Lipinski definition) is 6. The highest BCUT2D eigenvalue weighted by Crippen LogP contribution is 2.56.